The van der Waals surface area contributed by atoms with Gasteiger partial charge in [-0.2, -0.15) is 0 Å². The second-order valence-corrected chi connectivity index (χ2v) is 6.99. The summed E-state index contributed by atoms with van der Waals surface area (Å²) in [5, 5.41) is 6.81. The van der Waals surface area contributed by atoms with Crippen LogP contribution < -0.4 is 10.6 Å². The standard InChI is InChI=1S/C20H35N5O.HI/c1-5-21-20(22-10-11-25-12-14-26-15-13-25)23-16-19(24(3)4)18-8-6-17(2)7-9-18;/h6-9,19H,5,10-16H2,1-4H3,(H2,21,22,23);1H. The maximum atomic E-state index is 5.40. The number of morpholine rings is 1. The van der Waals surface area contributed by atoms with Crippen molar-refractivity contribution in [2.24, 2.45) is 4.99 Å². The van der Waals surface area contributed by atoms with Gasteiger partial charge in [-0.15, -0.1) is 24.0 Å². The van der Waals surface area contributed by atoms with Crippen molar-refractivity contribution >= 4 is 29.9 Å². The van der Waals surface area contributed by atoms with Crippen LogP contribution in [0.1, 0.15) is 24.1 Å². The first-order chi connectivity index (χ1) is 12.6. The summed E-state index contributed by atoms with van der Waals surface area (Å²) in [6, 6.07) is 9.01. The SMILES string of the molecule is CCNC(=NCC(c1ccc(C)cc1)N(C)C)NCCN1CCOCC1.I. The predicted octanol–water partition coefficient (Wildman–Crippen LogP) is 2.10. The van der Waals surface area contributed by atoms with Gasteiger partial charge >= 0.3 is 0 Å². The fourth-order valence-corrected chi connectivity index (χ4v) is 3.03. The zero-order valence-electron chi connectivity index (χ0n) is 17.2. The number of nitrogens with zero attached hydrogens (tertiary/aromatic N) is 3. The number of halogens is 1. The average molecular weight is 489 g/mol. The maximum Gasteiger partial charge on any atom is 0.191 e. The zero-order valence-corrected chi connectivity index (χ0v) is 19.5. The highest BCUT2D eigenvalue weighted by Crippen LogP contribution is 2.19. The monoisotopic (exact) mass is 489 g/mol. The third kappa shape index (κ3) is 8.76. The van der Waals surface area contributed by atoms with E-state index in [0.29, 0.717) is 0 Å². The maximum absolute atomic E-state index is 5.40. The summed E-state index contributed by atoms with van der Waals surface area (Å²) in [6.07, 6.45) is 0. The quantitative estimate of drug-likeness (QED) is 0.333. The van der Waals surface area contributed by atoms with Gasteiger partial charge in [-0.25, -0.2) is 0 Å². The Bertz CT molecular complexity index is 544. The molecular weight excluding hydrogens is 453 g/mol. The molecule has 1 aliphatic rings. The van der Waals surface area contributed by atoms with Crippen LogP contribution in [0.4, 0.5) is 0 Å². The molecule has 7 heteroatoms. The van der Waals surface area contributed by atoms with E-state index in [0.717, 1.165) is 58.4 Å². The first-order valence-corrected chi connectivity index (χ1v) is 9.65. The van der Waals surface area contributed by atoms with E-state index >= 15 is 0 Å². The van der Waals surface area contributed by atoms with E-state index in [9.17, 15) is 0 Å². The summed E-state index contributed by atoms with van der Waals surface area (Å²) >= 11 is 0. The Balaban J connectivity index is 0.00000364. The lowest BCUT2D eigenvalue weighted by atomic mass is 10.0. The Morgan fingerprint density at radius 2 is 1.85 bits per heavy atom. The Labute approximate surface area is 181 Å². The number of aliphatic imine (C=N–C) groups is 1. The van der Waals surface area contributed by atoms with Gasteiger partial charge < -0.3 is 20.3 Å². The lowest BCUT2D eigenvalue weighted by Crippen LogP contribution is -2.44. The van der Waals surface area contributed by atoms with Crippen molar-refractivity contribution in [3.05, 3.63) is 35.4 Å². The van der Waals surface area contributed by atoms with Gasteiger partial charge in [0.15, 0.2) is 5.96 Å². The number of benzene rings is 1. The first-order valence-electron chi connectivity index (χ1n) is 9.65. The van der Waals surface area contributed by atoms with Crippen LogP contribution in [0.15, 0.2) is 29.3 Å². The minimum Gasteiger partial charge on any atom is -0.379 e. The van der Waals surface area contributed by atoms with E-state index in [-0.39, 0.29) is 30.0 Å². The van der Waals surface area contributed by atoms with E-state index in [4.69, 9.17) is 9.73 Å². The van der Waals surface area contributed by atoms with Crippen LogP contribution in [0, 0.1) is 6.92 Å². The van der Waals surface area contributed by atoms with Gasteiger partial charge in [-0.05, 0) is 33.5 Å². The molecule has 0 saturated carbocycles. The number of rotatable bonds is 8. The average Bonchev–Trinajstić information content (AvgIpc) is 2.64. The summed E-state index contributed by atoms with van der Waals surface area (Å²) < 4.78 is 5.40. The van der Waals surface area contributed by atoms with Gasteiger partial charge in [-0.1, -0.05) is 29.8 Å². The molecule has 1 aliphatic heterocycles. The molecular formula is C20H36IN5O. The topological polar surface area (TPSA) is 52.1 Å². The van der Waals surface area contributed by atoms with Crippen molar-refractivity contribution < 1.29 is 4.74 Å². The summed E-state index contributed by atoms with van der Waals surface area (Å²) in [4.78, 5) is 9.48. The molecule has 1 heterocycles. The van der Waals surface area contributed by atoms with Crippen LogP contribution in [0.25, 0.3) is 0 Å². The molecule has 2 rings (SSSR count). The number of likely N-dealkylation sites (N-methyl/N-ethyl adjacent to an activating group) is 1. The van der Waals surface area contributed by atoms with Crippen molar-refractivity contribution in [1.29, 1.82) is 0 Å². The highest BCUT2D eigenvalue weighted by atomic mass is 127. The van der Waals surface area contributed by atoms with E-state index in [1.165, 1.54) is 11.1 Å². The van der Waals surface area contributed by atoms with E-state index < -0.39 is 0 Å². The fourth-order valence-electron chi connectivity index (χ4n) is 3.03. The lowest BCUT2D eigenvalue weighted by Gasteiger charge is -2.27. The molecule has 0 radical (unpaired) electrons. The van der Waals surface area contributed by atoms with Crippen LogP contribution in [-0.4, -0.2) is 82.3 Å². The van der Waals surface area contributed by atoms with Gasteiger partial charge in [0.2, 0.25) is 0 Å². The van der Waals surface area contributed by atoms with Crippen LogP contribution in [-0.2, 0) is 4.74 Å². The molecule has 154 valence electrons. The number of guanidine groups is 1. The van der Waals surface area contributed by atoms with Crippen molar-refractivity contribution in [2.45, 2.75) is 19.9 Å². The van der Waals surface area contributed by atoms with Crippen LogP contribution in [0.5, 0.6) is 0 Å². The number of nitrogens with one attached hydrogen (secondary N) is 2. The molecule has 1 aromatic rings. The molecule has 27 heavy (non-hydrogen) atoms. The van der Waals surface area contributed by atoms with Gasteiger partial charge in [0.05, 0.1) is 25.8 Å². The molecule has 0 bridgehead atoms. The molecule has 1 saturated heterocycles. The summed E-state index contributed by atoms with van der Waals surface area (Å²) in [5.74, 6) is 0.889. The molecule has 0 aromatic heterocycles. The molecule has 6 nitrogen and oxygen atoms in total. The molecule has 1 unspecified atom stereocenters. The molecule has 0 spiro atoms. The predicted molar refractivity (Wildman–Crippen MR) is 124 cm³/mol. The molecule has 2 N–H and O–H groups in total. The highest BCUT2D eigenvalue weighted by Gasteiger charge is 2.14. The van der Waals surface area contributed by atoms with E-state index in [1.54, 1.807) is 0 Å². The van der Waals surface area contributed by atoms with Crippen LogP contribution in [0.2, 0.25) is 0 Å². The summed E-state index contributed by atoms with van der Waals surface area (Å²) in [5.41, 5.74) is 2.58. The Morgan fingerprint density at radius 3 is 2.44 bits per heavy atom. The van der Waals surface area contributed by atoms with Crippen molar-refractivity contribution in [2.75, 3.05) is 66.6 Å². The van der Waals surface area contributed by atoms with Gasteiger partial charge in [0.1, 0.15) is 0 Å². The molecule has 1 atom stereocenters. The molecule has 0 aliphatic carbocycles. The minimum absolute atomic E-state index is 0. The summed E-state index contributed by atoms with van der Waals surface area (Å²) in [6.45, 7) is 11.4. The minimum atomic E-state index is 0. The van der Waals surface area contributed by atoms with Crippen molar-refractivity contribution in [3.8, 4) is 0 Å². The largest absolute Gasteiger partial charge is 0.379 e. The molecule has 0 amide bonds. The number of aryl methyl sites for hydroxylation is 1. The zero-order chi connectivity index (χ0) is 18.8. The fraction of sp³-hybridized carbons (Fsp3) is 0.650. The van der Waals surface area contributed by atoms with Crippen LogP contribution in [0.3, 0.4) is 0 Å². The highest BCUT2D eigenvalue weighted by molar-refractivity contribution is 14.0. The van der Waals surface area contributed by atoms with E-state index in [1.807, 2.05) is 0 Å². The first kappa shape index (κ1) is 24.1. The van der Waals surface area contributed by atoms with Crippen LogP contribution >= 0.6 is 24.0 Å². The number of hydrogen-bond acceptors (Lipinski definition) is 4. The molecule has 1 aromatic carbocycles. The smallest absolute Gasteiger partial charge is 0.191 e. The van der Waals surface area contributed by atoms with Gasteiger partial charge in [0, 0.05) is 32.7 Å². The van der Waals surface area contributed by atoms with Crippen molar-refractivity contribution in [3.63, 3.8) is 0 Å². The number of hydrogen-bond donors (Lipinski definition) is 2. The summed E-state index contributed by atoms with van der Waals surface area (Å²) in [7, 11) is 4.22. The normalized spacial score (nSPS) is 16.7. The Kier molecular flexibility index (Phi) is 11.9. The second kappa shape index (κ2) is 13.3. The lowest BCUT2D eigenvalue weighted by molar-refractivity contribution is 0.0389. The molecule has 1 fully saturated rings. The Hall–Kier alpha value is -0.900. The number of ether oxygens (including phenoxy) is 1. The second-order valence-electron chi connectivity index (χ2n) is 6.99. The third-order valence-electron chi connectivity index (χ3n) is 4.68. The van der Waals surface area contributed by atoms with Gasteiger partial charge in [-0.3, -0.25) is 9.89 Å². The third-order valence-corrected chi connectivity index (χ3v) is 4.68. The Morgan fingerprint density at radius 1 is 1.19 bits per heavy atom. The van der Waals surface area contributed by atoms with Gasteiger partial charge in [0.25, 0.3) is 0 Å². The van der Waals surface area contributed by atoms with Crippen molar-refractivity contribution in [1.82, 2.24) is 20.4 Å². The van der Waals surface area contributed by atoms with E-state index in [2.05, 4.69) is 72.6 Å².